The molecule has 0 saturated carbocycles. The molecule has 0 amide bonds. The largest absolute Gasteiger partial charge is 0.348 e. The van der Waals surface area contributed by atoms with E-state index in [4.69, 9.17) is 0 Å². The SMILES string of the molecule is CC(C)c1ncnc2c1CC(F)(F)CN2C(C)C. The van der Waals surface area contributed by atoms with Crippen LogP contribution < -0.4 is 4.90 Å². The zero-order valence-electron chi connectivity index (χ0n) is 11.2. The van der Waals surface area contributed by atoms with E-state index >= 15 is 0 Å². The second-order valence-corrected chi connectivity index (χ2v) is 5.47. The highest BCUT2D eigenvalue weighted by atomic mass is 19.3. The zero-order chi connectivity index (χ0) is 13.5. The Morgan fingerprint density at radius 1 is 1.22 bits per heavy atom. The average molecular weight is 255 g/mol. The van der Waals surface area contributed by atoms with Crippen molar-refractivity contribution in [2.75, 3.05) is 11.4 Å². The average Bonchev–Trinajstić information content (AvgIpc) is 2.25. The van der Waals surface area contributed by atoms with Crippen LogP contribution in [0.2, 0.25) is 0 Å². The van der Waals surface area contributed by atoms with E-state index < -0.39 is 5.92 Å². The van der Waals surface area contributed by atoms with Crippen LogP contribution in [-0.2, 0) is 6.42 Å². The maximum atomic E-state index is 13.8. The van der Waals surface area contributed by atoms with Crippen LogP contribution in [-0.4, -0.2) is 28.5 Å². The molecule has 0 radical (unpaired) electrons. The first-order valence-corrected chi connectivity index (χ1v) is 6.30. The molecule has 0 bridgehead atoms. The van der Waals surface area contributed by atoms with E-state index in [-0.39, 0.29) is 24.9 Å². The molecule has 18 heavy (non-hydrogen) atoms. The Labute approximate surface area is 106 Å². The van der Waals surface area contributed by atoms with E-state index in [9.17, 15) is 8.78 Å². The zero-order valence-corrected chi connectivity index (χ0v) is 11.2. The lowest BCUT2D eigenvalue weighted by Crippen LogP contribution is -2.47. The summed E-state index contributed by atoms with van der Waals surface area (Å²) in [6, 6.07) is 0.00448. The standard InChI is InChI=1S/C13H19F2N3/c1-8(2)11-10-5-13(14,15)6-18(9(3)4)12(10)17-7-16-11/h7-9H,5-6H2,1-4H3. The summed E-state index contributed by atoms with van der Waals surface area (Å²) < 4.78 is 27.7. The van der Waals surface area contributed by atoms with Crippen LogP contribution in [0.15, 0.2) is 6.33 Å². The monoisotopic (exact) mass is 255 g/mol. The summed E-state index contributed by atoms with van der Waals surface area (Å²) in [4.78, 5) is 10.1. The molecule has 0 saturated heterocycles. The van der Waals surface area contributed by atoms with Crippen LogP contribution in [0.25, 0.3) is 0 Å². The summed E-state index contributed by atoms with van der Waals surface area (Å²) in [7, 11) is 0. The first-order valence-electron chi connectivity index (χ1n) is 6.30. The summed E-state index contributed by atoms with van der Waals surface area (Å²) in [5, 5.41) is 0. The first-order chi connectivity index (χ1) is 8.32. The maximum Gasteiger partial charge on any atom is 0.269 e. The van der Waals surface area contributed by atoms with Gasteiger partial charge in [0.05, 0.1) is 12.2 Å². The van der Waals surface area contributed by atoms with E-state index in [2.05, 4.69) is 9.97 Å². The van der Waals surface area contributed by atoms with E-state index in [0.717, 1.165) is 5.69 Å². The molecular formula is C13H19F2N3. The van der Waals surface area contributed by atoms with Gasteiger partial charge in [0, 0.05) is 18.0 Å². The highest BCUT2D eigenvalue weighted by molar-refractivity contribution is 5.53. The topological polar surface area (TPSA) is 29.0 Å². The van der Waals surface area contributed by atoms with Crippen molar-refractivity contribution in [3.8, 4) is 0 Å². The fourth-order valence-electron chi connectivity index (χ4n) is 2.40. The van der Waals surface area contributed by atoms with Crippen LogP contribution in [0.3, 0.4) is 0 Å². The molecule has 0 unspecified atom stereocenters. The number of aromatic nitrogens is 2. The van der Waals surface area contributed by atoms with Crippen LogP contribution in [0.5, 0.6) is 0 Å². The molecule has 1 aromatic rings. The third-order valence-electron chi connectivity index (χ3n) is 3.24. The fraction of sp³-hybridized carbons (Fsp3) is 0.692. The van der Waals surface area contributed by atoms with E-state index in [1.54, 1.807) is 4.90 Å². The lowest BCUT2D eigenvalue weighted by molar-refractivity contribution is 0.00312. The molecule has 0 fully saturated rings. The van der Waals surface area contributed by atoms with Crippen molar-refractivity contribution in [1.29, 1.82) is 0 Å². The molecule has 0 N–H and O–H groups in total. The number of rotatable bonds is 2. The van der Waals surface area contributed by atoms with Gasteiger partial charge in [-0.2, -0.15) is 0 Å². The molecule has 0 atom stereocenters. The van der Waals surface area contributed by atoms with Gasteiger partial charge >= 0.3 is 0 Å². The molecule has 0 aromatic carbocycles. The van der Waals surface area contributed by atoms with Gasteiger partial charge in [-0.15, -0.1) is 0 Å². The van der Waals surface area contributed by atoms with Crippen LogP contribution in [0, 0.1) is 0 Å². The number of nitrogens with zero attached hydrogens (tertiary/aromatic N) is 3. The molecule has 0 spiro atoms. The minimum Gasteiger partial charge on any atom is -0.348 e. The molecule has 1 aliphatic rings. The normalized spacial score (nSPS) is 18.3. The Balaban J connectivity index is 2.55. The maximum absolute atomic E-state index is 13.8. The minimum atomic E-state index is -2.70. The van der Waals surface area contributed by atoms with Crippen molar-refractivity contribution in [1.82, 2.24) is 9.97 Å². The number of anilines is 1. The second kappa shape index (κ2) is 4.44. The van der Waals surface area contributed by atoms with Gasteiger partial charge in [0.25, 0.3) is 5.92 Å². The van der Waals surface area contributed by atoms with Gasteiger partial charge in [-0.05, 0) is 19.8 Å². The number of hydrogen-bond acceptors (Lipinski definition) is 3. The van der Waals surface area contributed by atoms with Gasteiger partial charge in [-0.1, -0.05) is 13.8 Å². The van der Waals surface area contributed by atoms with Gasteiger partial charge in [0.1, 0.15) is 12.1 Å². The van der Waals surface area contributed by atoms with E-state index in [1.807, 2.05) is 27.7 Å². The Morgan fingerprint density at radius 3 is 2.44 bits per heavy atom. The van der Waals surface area contributed by atoms with Gasteiger partial charge in [-0.25, -0.2) is 18.7 Å². The minimum absolute atomic E-state index is 0.00448. The number of alkyl halides is 2. The van der Waals surface area contributed by atoms with Crippen molar-refractivity contribution in [2.45, 2.75) is 52.0 Å². The smallest absolute Gasteiger partial charge is 0.269 e. The lowest BCUT2D eigenvalue weighted by Gasteiger charge is -2.38. The molecule has 2 rings (SSSR count). The fourth-order valence-corrected chi connectivity index (χ4v) is 2.40. The third-order valence-corrected chi connectivity index (χ3v) is 3.24. The van der Waals surface area contributed by atoms with Gasteiger partial charge in [0.15, 0.2) is 0 Å². The molecule has 2 heterocycles. The Morgan fingerprint density at radius 2 is 1.89 bits per heavy atom. The quantitative estimate of drug-likeness (QED) is 0.813. The van der Waals surface area contributed by atoms with Crippen molar-refractivity contribution in [2.24, 2.45) is 0 Å². The molecule has 1 aromatic heterocycles. The Bertz CT molecular complexity index is 444. The molecule has 5 heteroatoms. The lowest BCUT2D eigenvalue weighted by atomic mass is 9.95. The molecule has 100 valence electrons. The van der Waals surface area contributed by atoms with Crippen molar-refractivity contribution >= 4 is 5.82 Å². The Hall–Kier alpha value is -1.26. The third kappa shape index (κ3) is 2.31. The highest BCUT2D eigenvalue weighted by Gasteiger charge is 2.41. The van der Waals surface area contributed by atoms with Crippen molar-refractivity contribution in [3.63, 3.8) is 0 Å². The van der Waals surface area contributed by atoms with E-state index in [1.165, 1.54) is 6.33 Å². The Kier molecular flexibility index (Phi) is 3.25. The van der Waals surface area contributed by atoms with Crippen molar-refractivity contribution < 1.29 is 8.78 Å². The first kappa shape index (κ1) is 13.2. The van der Waals surface area contributed by atoms with Gasteiger partial charge in [-0.3, -0.25) is 0 Å². The highest BCUT2D eigenvalue weighted by Crippen LogP contribution is 2.37. The molecular weight excluding hydrogens is 236 g/mol. The van der Waals surface area contributed by atoms with Gasteiger partial charge in [0.2, 0.25) is 0 Å². The summed E-state index contributed by atoms with van der Waals surface area (Å²) in [5.74, 6) is -1.90. The molecule has 3 nitrogen and oxygen atoms in total. The van der Waals surface area contributed by atoms with Gasteiger partial charge < -0.3 is 4.90 Å². The predicted octanol–water partition coefficient (Wildman–Crippen LogP) is 3.01. The number of fused-ring (bicyclic) bond motifs is 1. The van der Waals surface area contributed by atoms with Crippen LogP contribution in [0.1, 0.15) is 44.9 Å². The predicted molar refractivity (Wildman–Crippen MR) is 67.3 cm³/mol. The van der Waals surface area contributed by atoms with Crippen LogP contribution in [0.4, 0.5) is 14.6 Å². The summed E-state index contributed by atoms with van der Waals surface area (Å²) in [6.45, 7) is 7.49. The molecule has 1 aliphatic heterocycles. The number of hydrogen-bond donors (Lipinski definition) is 0. The summed E-state index contributed by atoms with van der Waals surface area (Å²) in [5.41, 5.74) is 1.35. The van der Waals surface area contributed by atoms with E-state index in [0.29, 0.717) is 11.4 Å². The van der Waals surface area contributed by atoms with Crippen molar-refractivity contribution in [3.05, 3.63) is 17.6 Å². The summed E-state index contributed by atoms with van der Waals surface area (Å²) >= 11 is 0. The molecule has 0 aliphatic carbocycles. The second-order valence-electron chi connectivity index (χ2n) is 5.47. The number of halogens is 2. The van der Waals surface area contributed by atoms with Crippen LogP contribution >= 0.6 is 0 Å². The summed E-state index contributed by atoms with van der Waals surface area (Å²) in [6.07, 6.45) is 1.23.